The van der Waals surface area contributed by atoms with Crippen molar-refractivity contribution in [2.45, 2.75) is 566 Å². The Labute approximate surface area is 626 Å². The fourth-order valence-corrected chi connectivity index (χ4v) is 18.8. The third kappa shape index (κ3) is 57.0. The molecule has 0 aromatic carbocycles. The molecular weight excluding hydrogens is 1170 g/mol. The van der Waals surface area contributed by atoms with E-state index in [1.165, 1.54) is 172 Å². The van der Waals surface area contributed by atoms with Gasteiger partial charge in [0, 0.05) is 0 Å². The van der Waals surface area contributed by atoms with Gasteiger partial charge in [0.1, 0.15) is 0 Å². The Bertz CT molecular complexity index is 1180. The van der Waals surface area contributed by atoms with Crippen LogP contribution in [0.5, 0.6) is 0 Å². The average Bonchev–Trinajstić information content (AvgIpc) is 1.82. The first-order chi connectivity index (χ1) is 48.0. The first-order valence-electron chi connectivity index (χ1n) is 48.0. The summed E-state index contributed by atoms with van der Waals surface area (Å²) < 4.78 is 0. The summed E-state index contributed by atoms with van der Waals surface area (Å²) in [5.74, 6) is 9.12. The minimum atomic E-state index is 0.858. The maximum Gasteiger partial charge on any atom is -0.0297 e. The lowest BCUT2D eigenvalue weighted by Crippen LogP contribution is -2.26. The second kappa shape index (κ2) is 86.6. The van der Waals surface area contributed by atoms with E-state index in [1.54, 1.807) is 212 Å². The van der Waals surface area contributed by atoms with Crippen molar-refractivity contribution >= 4 is 0 Å². The Kier molecular flexibility index (Phi) is 98.6. The lowest BCUT2D eigenvalue weighted by molar-refractivity contribution is 0.124. The van der Waals surface area contributed by atoms with Crippen molar-refractivity contribution in [1.82, 2.24) is 0 Å². The van der Waals surface area contributed by atoms with Crippen molar-refractivity contribution in [2.24, 2.45) is 63.6 Å². The van der Waals surface area contributed by atoms with Crippen molar-refractivity contribution in [1.29, 1.82) is 0 Å². The van der Waals surface area contributed by atoms with Gasteiger partial charge in [-0.25, -0.2) is 0 Å². The number of rotatable bonds is 0. The van der Waals surface area contributed by atoms with E-state index in [9.17, 15) is 0 Å². The first-order valence-corrected chi connectivity index (χ1v) is 48.0. The van der Waals surface area contributed by atoms with Gasteiger partial charge < -0.3 is 0 Å². The van der Waals surface area contributed by atoms with Gasteiger partial charge in [0.2, 0.25) is 0 Å². The zero-order valence-corrected chi connectivity index (χ0v) is 75.1. The van der Waals surface area contributed by atoms with Gasteiger partial charge in [-0.2, -0.15) is 0 Å². The molecule has 0 amide bonds. The number of hydrogen-bond acceptors (Lipinski definition) is 0. The van der Waals surface area contributed by atoms with Crippen molar-refractivity contribution in [3.05, 3.63) is 0 Å². The molecule has 596 valence electrons. The van der Waals surface area contributed by atoms with Crippen molar-refractivity contribution < 1.29 is 0 Å². The summed E-state index contributed by atoms with van der Waals surface area (Å²) in [5, 5.41) is 0. The fourth-order valence-electron chi connectivity index (χ4n) is 18.8. The van der Waals surface area contributed by atoms with Crippen LogP contribution in [0.4, 0.5) is 0 Å². The predicted octanol–water partition coefficient (Wildman–Crippen LogP) is 38.0. The molecule has 0 saturated heterocycles. The van der Waals surface area contributed by atoms with Crippen LogP contribution in [0.25, 0.3) is 0 Å². The maximum atomic E-state index is 2.00. The highest BCUT2D eigenvalue weighted by Crippen LogP contribution is 2.56. The predicted molar refractivity (Wildman–Crippen MR) is 462 cm³/mol. The molecule has 0 aliphatic heterocycles. The largest absolute Gasteiger partial charge is 0.0683 e. The van der Waals surface area contributed by atoms with Gasteiger partial charge >= 0.3 is 0 Å². The van der Waals surface area contributed by atoms with Crippen LogP contribution in [0, 0.1) is 63.6 Å². The third-order valence-corrected chi connectivity index (χ3v) is 23.8. The van der Waals surface area contributed by atoms with Crippen molar-refractivity contribution in [3.8, 4) is 0 Å². The molecule has 0 heteroatoms. The van der Waals surface area contributed by atoms with Crippen LogP contribution >= 0.6 is 0 Å². The van der Waals surface area contributed by atoms with Crippen LogP contribution in [0.2, 0.25) is 0 Å². The zero-order chi connectivity index (χ0) is 75.1. The third-order valence-electron chi connectivity index (χ3n) is 23.8. The number of fused-ring (bicyclic) bond motifs is 15. The highest BCUT2D eigenvalue weighted by molar-refractivity contribution is 4.94. The van der Waals surface area contributed by atoms with Gasteiger partial charge in [0.25, 0.3) is 0 Å². The molecule has 16 aliphatic carbocycles. The van der Waals surface area contributed by atoms with Crippen LogP contribution in [-0.2, 0) is 0 Å². The smallest absolute Gasteiger partial charge is 0.0297 e. The fraction of sp³-hybridized carbons (Fsp3) is 1.00. The van der Waals surface area contributed by atoms with Crippen molar-refractivity contribution in [3.63, 3.8) is 0 Å². The summed E-state index contributed by atoms with van der Waals surface area (Å²) in [6.07, 6.45) is 89.6. The summed E-state index contributed by atoms with van der Waals surface area (Å²) in [6, 6.07) is 0. The van der Waals surface area contributed by atoms with Crippen LogP contribution in [-0.4, -0.2) is 0 Å². The molecule has 16 saturated carbocycles. The molecule has 0 aromatic rings. The molecule has 0 heterocycles. The molecule has 16 aliphatic rings. The van der Waals surface area contributed by atoms with E-state index in [0.29, 0.717) is 0 Å². The van der Waals surface area contributed by atoms with E-state index < -0.39 is 0 Å². The summed E-state index contributed by atoms with van der Waals surface area (Å²) in [7, 11) is 0. The SMILES string of the molecule is C1CCC2(CC1)CC2.C1CCC2(CC1)CCCC2.C1CCC2(CC1)CCCCC2.C1CCC2CC(C1)C2.C1CCC2CCC(C1)C2.C1CCC2CCCC(C1)CC2.C1CCC2CCCC(C1)CCC2.CC.CC.CC.CC.CC.CC.CC.CC.CC.CC.CC.CC.CC.CC. The van der Waals surface area contributed by atoms with Gasteiger partial charge in [0.05, 0.1) is 0 Å². The maximum absolute atomic E-state index is 2.00. The van der Waals surface area contributed by atoms with E-state index in [-0.39, 0.29) is 0 Å². The van der Waals surface area contributed by atoms with Crippen LogP contribution < -0.4 is 0 Å². The Morgan fingerprint density at radius 3 is 0.454 bits per heavy atom. The number of hydrogen-bond donors (Lipinski definition) is 0. The summed E-state index contributed by atoms with van der Waals surface area (Å²) >= 11 is 0. The van der Waals surface area contributed by atoms with E-state index in [0.717, 1.165) is 51.8 Å². The molecular formula is C97H208. The summed E-state index contributed by atoms with van der Waals surface area (Å²) in [6.45, 7) is 56.0. The monoisotopic (exact) mass is 1370 g/mol. The molecule has 16 rings (SSSR count). The highest BCUT2D eigenvalue weighted by Gasteiger charge is 2.42. The average molecular weight is 1370 g/mol. The normalized spacial score (nSPS) is 27.1. The van der Waals surface area contributed by atoms with E-state index in [4.69, 9.17) is 0 Å². The molecule has 0 nitrogen and oxygen atoms in total. The minimum Gasteiger partial charge on any atom is -0.0683 e. The van der Waals surface area contributed by atoms with E-state index >= 15 is 0 Å². The van der Waals surface area contributed by atoms with Crippen LogP contribution in [0.15, 0.2) is 0 Å². The van der Waals surface area contributed by atoms with Crippen LogP contribution in [0.3, 0.4) is 0 Å². The molecule has 4 unspecified atom stereocenters. The molecule has 0 radical (unpaired) electrons. The standard InChI is InChI=1S/C12H22.2C11H20.C10H18.C9H16.2C8H14.14C2H6/c1-2-6-12-9-3-7-11(5-1)8-4-10-12;1-3-7-11(8-4-1)9-5-2-6-10-11;1-2-5-11-7-3-6-10(4-1)8-9-11;1-2-6-10(7-3-1)8-4-5-9-10;1-2-4-9-6-5-8(3-1)7-9;1-2-4-8-5-7(3-1)6-8;1-2-4-8(5-3-1)6-7-8;14*1-2/h11-12H,1-10H2;1-10H2;10-11H,1-9H2;1-9H2;8-9H,1-7H2;7-8H,1-6H2;1-7H2;14*1-2H3. The van der Waals surface area contributed by atoms with E-state index in [2.05, 4.69) is 0 Å². The second-order valence-electron chi connectivity index (χ2n) is 29.2. The molecule has 0 N–H and O–H groups in total. The van der Waals surface area contributed by atoms with Gasteiger partial charge in [0.15, 0.2) is 0 Å². The molecule has 3 spiro atoms. The lowest BCUT2D eigenvalue weighted by atomic mass is 9.65. The van der Waals surface area contributed by atoms with Crippen molar-refractivity contribution in [2.75, 3.05) is 0 Å². The molecule has 16 fully saturated rings. The van der Waals surface area contributed by atoms with Gasteiger partial charge in [-0.1, -0.05) is 470 Å². The molecule has 0 aromatic heterocycles. The topological polar surface area (TPSA) is 0 Å². The Balaban J connectivity index is -0.000000184. The van der Waals surface area contributed by atoms with Gasteiger partial charge in [-0.15, -0.1) is 0 Å². The zero-order valence-electron chi connectivity index (χ0n) is 75.1. The summed E-state index contributed by atoms with van der Waals surface area (Å²) in [4.78, 5) is 0. The Morgan fingerprint density at radius 1 is 0.113 bits per heavy atom. The minimum absolute atomic E-state index is 0.858. The summed E-state index contributed by atoms with van der Waals surface area (Å²) in [5.41, 5.74) is 2.66. The second-order valence-corrected chi connectivity index (χ2v) is 29.2. The highest BCUT2D eigenvalue weighted by atomic mass is 14.5. The molecule has 4 atom stereocenters. The Hall–Kier alpha value is 0. The van der Waals surface area contributed by atoms with Crippen LogP contribution in [0.1, 0.15) is 566 Å². The van der Waals surface area contributed by atoms with E-state index in [1.807, 2.05) is 194 Å². The quantitative estimate of drug-likeness (QED) is 0.227. The first kappa shape index (κ1) is 110. The molecule has 97 heavy (non-hydrogen) atoms. The Morgan fingerprint density at radius 2 is 0.247 bits per heavy atom. The van der Waals surface area contributed by atoms with Gasteiger partial charge in [-0.05, 0) is 160 Å². The van der Waals surface area contributed by atoms with Gasteiger partial charge in [-0.3, -0.25) is 0 Å². The molecule has 8 bridgehead atoms. The lowest BCUT2D eigenvalue weighted by Gasteiger charge is -2.40.